The van der Waals surface area contributed by atoms with Crippen molar-refractivity contribution in [1.29, 1.82) is 0 Å². The van der Waals surface area contributed by atoms with E-state index in [1.54, 1.807) is 31.4 Å². The van der Waals surface area contributed by atoms with E-state index in [2.05, 4.69) is 5.32 Å². The maximum Gasteiger partial charge on any atom is 0.404 e. The van der Waals surface area contributed by atoms with Crippen molar-refractivity contribution in [3.8, 4) is 5.75 Å². The van der Waals surface area contributed by atoms with E-state index in [-0.39, 0.29) is 13.1 Å². The Morgan fingerprint density at radius 3 is 2.32 bits per heavy atom. The Morgan fingerprint density at radius 2 is 1.79 bits per heavy atom. The van der Waals surface area contributed by atoms with Crippen LogP contribution in [0.2, 0.25) is 0 Å². The molecule has 0 aliphatic carbocycles. The average molecular weight is 270 g/mol. The van der Waals surface area contributed by atoms with Crippen molar-refractivity contribution in [2.75, 3.05) is 25.5 Å². The molecule has 0 saturated carbocycles. The first-order chi connectivity index (χ1) is 9.02. The lowest BCUT2D eigenvalue weighted by Gasteiger charge is -2.18. The zero-order valence-corrected chi connectivity index (χ0v) is 10.5. The van der Waals surface area contributed by atoms with Gasteiger partial charge in [0.25, 0.3) is 0 Å². The molecule has 7 heteroatoms. The fourth-order valence-corrected chi connectivity index (χ4v) is 1.40. The molecule has 2 atom stereocenters. The molecule has 1 amide bonds. The van der Waals surface area contributed by atoms with Crippen LogP contribution in [0.4, 0.5) is 10.5 Å². The van der Waals surface area contributed by atoms with Gasteiger partial charge in [0.15, 0.2) is 0 Å². The monoisotopic (exact) mass is 270 g/mol. The van der Waals surface area contributed by atoms with Crippen LogP contribution in [-0.2, 0) is 0 Å². The number of rotatable bonds is 7. The maximum atomic E-state index is 10.2. The lowest BCUT2D eigenvalue weighted by molar-refractivity contribution is 0.0288. The van der Waals surface area contributed by atoms with E-state index in [1.165, 1.54) is 0 Å². The Morgan fingerprint density at radius 1 is 1.21 bits per heavy atom. The highest BCUT2D eigenvalue weighted by Gasteiger charge is 2.16. The molecule has 0 aromatic heterocycles. The highest BCUT2D eigenvalue weighted by molar-refractivity contribution is 5.64. The summed E-state index contributed by atoms with van der Waals surface area (Å²) in [5.41, 5.74) is 0.762. The maximum absolute atomic E-state index is 10.2. The van der Waals surface area contributed by atoms with Crippen LogP contribution in [0, 0.1) is 0 Å². The summed E-state index contributed by atoms with van der Waals surface area (Å²) in [5, 5.41) is 32.4. The van der Waals surface area contributed by atoms with Gasteiger partial charge in [0, 0.05) is 18.8 Å². The molecule has 0 bridgehead atoms. The van der Waals surface area contributed by atoms with Gasteiger partial charge in [0.05, 0.1) is 19.3 Å². The highest BCUT2D eigenvalue weighted by Crippen LogP contribution is 2.14. The third kappa shape index (κ3) is 5.45. The van der Waals surface area contributed by atoms with Gasteiger partial charge in [-0.1, -0.05) is 0 Å². The van der Waals surface area contributed by atoms with Gasteiger partial charge in [-0.25, -0.2) is 4.79 Å². The summed E-state index contributed by atoms with van der Waals surface area (Å²) in [7, 11) is 1.57. The molecule has 0 radical (unpaired) electrons. The summed E-state index contributed by atoms with van der Waals surface area (Å²) in [6.45, 7) is -0.115. The van der Waals surface area contributed by atoms with E-state index in [0.29, 0.717) is 0 Å². The predicted molar refractivity (Wildman–Crippen MR) is 69.5 cm³/mol. The molecule has 0 fully saturated rings. The largest absolute Gasteiger partial charge is 0.497 e. The SMILES string of the molecule is COc1ccc(NCC(O)C(O)CNC(=O)O)cc1. The lowest BCUT2D eigenvalue weighted by atomic mass is 10.2. The molecule has 0 spiro atoms. The highest BCUT2D eigenvalue weighted by atomic mass is 16.5. The van der Waals surface area contributed by atoms with Crippen LogP contribution in [0.3, 0.4) is 0 Å². The summed E-state index contributed by atoms with van der Waals surface area (Å²) in [5.74, 6) is 0.719. The van der Waals surface area contributed by atoms with Gasteiger partial charge in [0.1, 0.15) is 5.75 Å². The first kappa shape index (κ1) is 15.1. The van der Waals surface area contributed by atoms with E-state index >= 15 is 0 Å². The van der Waals surface area contributed by atoms with E-state index < -0.39 is 18.3 Å². The third-order valence-corrected chi connectivity index (χ3v) is 2.51. The molecule has 5 N–H and O–H groups in total. The number of nitrogens with one attached hydrogen (secondary N) is 2. The second kappa shape index (κ2) is 7.45. The third-order valence-electron chi connectivity index (χ3n) is 2.51. The van der Waals surface area contributed by atoms with Crippen molar-refractivity contribution < 1.29 is 24.9 Å². The molecule has 1 rings (SSSR count). The van der Waals surface area contributed by atoms with Crippen molar-refractivity contribution in [3.63, 3.8) is 0 Å². The fraction of sp³-hybridized carbons (Fsp3) is 0.417. The summed E-state index contributed by atoms with van der Waals surface area (Å²) in [4.78, 5) is 10.2. The minimum atomic E-state index is -1.24. The summed E-state index contributed by atoms with van der Waals surface area (Å²) < 4.78 is 5.01. The summed E-state index contributed by atoms with van der Waals surface area (Å²) in [6.07, 6.45) is -3.48. The fourth-order valence-electron chi connectivity index (χ4n) is 1.40. The van der Waals surface area contributed by atoms with Crippen LogP contribution in [0.5, 0.6) is 5.75 Å². The van der Waals surface area contributed by atoms with E-state index in [1.807, 2.05) is 5.32 Å². The van der Waals surface area contributed by atoms with Gasteiger partial charge in [-0.3, -0.25) is 0 Å². The topological polar surface area (TPSA) is 111 Å². The number of hydrogen-bond acceptors (Lipinski definition) is 5. The minimum absolute atomic E-state index is 0.106. The van der Waals surface area contributed by atoms with E-state index in [9.17, 15) is 15.0 Å². The molecule has 19 heavy (non-hydrogen) atoms. The van der Waals surface area contributed by atoms with Gasteiger partial charge >= 0.3 is 6.09 Å². The second-order valence-corrected chi connectivity index (χ2v) is 3.93. The van der Waals surface area contributed by atoms with Crippen LogP contribution in [0.25, 0.3) is 0 Å². The number of amides is 1. The standard InChI is InChI=1S/C12H18N2O5/c1-19-9-4-2-8(3-5-9)13-6-10(15)11(16)7-14-12(17)18/h2-5,10-11,13-16H,6-7H2,1H3,(H,17,18). The summed E-state index contributed by atoms with van der Waals surface area (Å²) >= 11 is 0. The molecule has 0 aliphatic heterocycles. The number of methoxy groups -OCH3 is 1. The Hall–Kier alpha value is -1.99. The van der Waals surface area contributed by atoms with Gasteiger partial charge in [-0.2, -0.15) is 0 Å². The molecular formula is C12H18N2O5. The zero-order valence-electron chi connectivity index (χ0n) is 10.5. The molecule has 2 unspecified atom stereocenters. The zero-order chi connectivity index (χ0) is 14.3. The molecule has 0 saturated heterocycles. The van der Waals surface area contributed by atoms with Gasteiger partial charge < -0.3 is 30.7 Å². The first-order valence-electron chi connectivity index (χ1n) is 5.73. The normalized spacial score (nSPS) is 13.4. The number of anilines is 1. The number of aliphatic hydroxyl groups excluding tert-OH is 2. The smallest absolute Gasteiger partial charge is 0.404 e. The molecular weight excluding hydrogens is 252 g/mol. The van der Waals surface area contributed by atoms with Crippen LogP contribution in [0.1, 0.15) is 0 Å². The van der Waals surface area contributed by atoms with Gasteiger partial charge in [-0.05, 0) is 24.3 Å². The number of aliphatic hydroxyl groups is 2. The van der Waals surface area contributed by atoms with E-state index in [4.69, 9.17) is 9.84 Å². The van der Waals surface area contributed by atoms with Gasteiger partial charge in [0.2, 0.25) is 0 Å². The number of ether oxygens (including phenoxy) is 1. The average Bonchev–Trinajstić information content (AvgIpc) is 2.42. The Labute approximate surface area is 110 Å². The van der Waals surface area contributed by atoms with Crippen LogP contribution < -0.4 is 15.4 Å². The first-order valence-corrected chi connectivity index (χ1v) is 5.73. The second-order valence-electron chi connectivity index (χ2n) is 3.93. The van der Waals surface area contributed by atoms with Crippen molar-refractivity contribution in [2.24, 2.45) is 0 Å². The lowest BCUT2D eigenvalue weighted by Crippen LogP contribution is -2.41. The molecule has 7 nitrogen and oxygen atoms in total. The Balaban J connectivity index is 2.35. The van der Waals surface area contributed by atoms with Crippen LogP contribution in [-0.4, -0.2) is 53.8 Å². The van der Waals surface area contributed by atoms with Crippen LogP contribution in [0.15, 0.2) is 24.3 Å². The number of carboxylic acid groups (broad SMARTS) is 1. The minimum Gasteiger partial charge on any atom is -0.497 e. The number of hydrogen-bond donors (Lipinski definition) is 5. The quantitative estimate of drug-likeness (QED) is 0.480. The van der Waals surface area contributed by atoms with Gasteiger partial charge in [-0.15, -0.1) is 0 Å². The Kier molecular flexibility index (Phi) is 5.91. The number of benzene rings is 1. The van der Waals surface area contributed by atoms with Crippen molar-refractivity contribution in [3.05, 3.63) is 24.3 Å². The Bertz CT molecular complexity index is 396. The molecule has 0 aliphatic rings. The van der Waals surface area contributed by atoms with Crippen LogP contribution >= 0.6 is 0 Å². The van der Waals surface area contributed by atoms with Crippen molar-refractivity contribution in [1.82, 2.24) is 5.32 Å². The predicted octanol–water partition coefficient (Wildman–Crippen LogP) is 0.0965. The number of carbonyl (C=O) groups is 1. The summed E-state index contributed by atoms with van der Waals surface area (Å²) in [6, 6.07) is 7.06. The van der Waals surface area contributed by atoms with Crippen molar-refractivity contribution >= 4 is 11.8 Å². The molecule has 106 valence electrons. The molecule has 1 aromatic carbocycles. The molecule has 0 heterocycles. The van der Waals surface area contributed by atoms with Crippen molar-refractivity contribution in [2.45, 2.75) is 12.2 Å². The van der Waals surface area contributed by atoms with E-state index in [0.717, 1.165) is 11.4 Å². The molecule has 1 aromatic rings.